The van der Waals surface area contributed by atoms with Crippen molar-refractivity contribution in [2.75, 3.05) is 13.1 Å². The summed E-state index contributed by atoms with van der Waals surface area (Å²) >= 11 is 0. The number of aromatic nitrogens is 1. The van der Waals surface area contributed by atoms with Crippen LogP contribution in [0.4, 0.5) is 0 Å². The average Bonchev–Trinajstić information content (AvgIpc) is 3.13. The quantitative estimate of drug-likeness (QED) is 0.381. The lowest BCUT2D eigenvalue weighted by atomic mass is 10.3. The minimum atomic E-state index is -0.694. The van der Waals surface area contributed by atoms with Crippen molar-refractivity contribution in [3.8, 4) is 0 Å². The number of halogens is 1. The number of hydrogen-bond donors (Lipinski definition) is 3. The van der Waals surface area contributed by atoms with Crippen LogP contribution in [-0.2, 0) is 13.6 Å². The third kappa shape index (κ3) is 5.72. The van der Waals surface area contributed by atoms with Crippen LogP contribution in [0.5, 0.6) is 0 Å². The Morgan fingerprint density at radius 2 is 2.23 bits per heavy atom. The van der Waals surface area contributed by atoms with Gasteiger partial charge in [-0.2, -0.15) is 0 Å². The van der Waals surface area contributed by atoms with Crippen LogP contribution in [-0.4, -0.2) is 28.7 Å². The van der Waals surface area contributed by atoms with Crippen LogP contribution in [0.2, 0.25) is 0 Å². The van der Waals surface area contributed by atoms with E-state index in [1.54, 1.807) is 18.4 Å². The summed E-state index contributed by atoms with van der Waals surface area (Å²) in [6.07, 6.45) is 4.88. The molecule has 0 aliphatic rings. The lowest BCUT2D eigenvalue weighted by Gasteiger charge is -2.13. The topological polar surface area (TPSA) is 74.7 Å². The molecule has 2 aromatic rings. The Kier molecular flexibility index (Phi) is 8.03. The predicted molar refractivity (Wildman–Crippen MR) is 97.3 cm³/mol. The van der Waals surface area contributed by atoms with Gasteiger partial charge < -0.3 is 24.7 Å². The van der Waals surface area contributed by atoms with Crippen molar-refractivity contribution in [3.05, 3.63) is 48.2 Å². The largest absolute Gasteiger partial charge is 0.467 e. The summed E-state index contributed by atoms with van der Waals surface area (Å²) in [4.78, 5) is 4.49. The van der Waals surface area contributed by atoms with Gasteiger partial charge in [-0.15, -0.1) is 24.0 Å². The van der Waals surface area contributed by atoms with E-state index in [2.05, 4.69) is 15.6 Å². The van der Waals surface area contributed by atoms with E-state index in [1.807, 2.05) is 37.0 Å². The Hall–Kier alpha value is -1.48. The second-order valence-electron chi connectivity index (χ2n) is 4.79. The van der Waals surface area contributed by atoms with Crippen molar-refractivity contribution in [2.45, 2.75) is 19.6 Å². The van der Waals surface area contributed by atoms with Gasteiger partial charge in [0.25, 0.3) is 0 Å². The van der Waals surface area contributed by atoms with Gasteiger partial charge in [0, 0.05) is 26.0 Å². The van der Waals surface area contributed by atoms with Crippen LogP contribution >= 0.6 is 24.0 Å². The van der Waals surface area contributed by atoms with E-state index < -0.39 is 6.10 Å². The fourth-order valence-corrected chi connectivity index (χ4v) is 1.94. The van der Waals surface area contributed by atoms with Gasteiger partial charge in [-0.05, 0) is 30.7 Å². The summed E-state index contributed by atoms with van der Waals surface area (Å²) in [5.74, 6) is 1.22. The Morgan fingerprint density at radius 1 is 1.41 bits per heavy atom. The first-order valence-electron chi connectivity index (χ1n) is 7.03. The van der Waals surface area contributed by atoms with Crippen molar-refractivity contribution in [1.82, 2.24) is 15.2 Å². The number of nitrogens with zero attached hydrogens (tertiary/aromatic N) is 2. The van der Waals surface area contributed by atoms with Crippen LogP contribution in [0.1, 0.15) is 24.4 Å². The van der Waals surface area contributed by atoms with Crippen LogP contribution < -0.4 is 10.6 Å². The zero-order chi connectivity index (χ0) is 15.1. The normalized spacial score (nSPS) is 12.6. The first-order valence-corrected chi connectivity index (χ1v) is 7.03. The van der Waals surface area contributed by atoms with Gasteiger partial charge in [-0.3, -0.25) is 0 Å². The number of aliphatic hydroxyl groups excluding tert-OH is 1. The number of hydrogen-bond acceptors (Lipinski definition) is 3. The molecule has 0 radical (unpaired) electrons. The lowest BCUT2D eigenvalue weighted by Crippen LogP contribution is -2.39. The number of furan rings is 1. The highest BCUT2D eigenvalue weighted by Gasteiger charge is 2.10. The fraction of sp³-hybridized carbons (Fsp3) is 0.400. The Bertz CT molecular complexity index is 566. The molecule has 3 N–H and O–H groups in total. The standard InChI is InChI=1S/C15H22N4O2.HI/c1-3-16-15(17-9-12-6-7-19(2)11-12)18-10-13(20)14-5-4-8-21-14;/h4-8,11,13,20H,3,9-10H2,1-2H3,(H2,16,17,18);1H. The second kappa shape index (κ2) is 9.52. The maximum Gasteiger partial charge on any atom is 0.191 e. The molecule has 1 unspecified atom stereocenters. The molecule has 2 heterocycles. The van der Waals surface area contributed by atoms with Crippen LogP contribution in [0.3, 0.4) is 0 Å². The van der Waals surface area contributed by atoms with Gasteiger partial charge in [0.15, 0.2) is 5.96 Å². The Labute approximate surface area is 147 Å². The molecule has 7 heteroatoms. The highest BCUT2D eigenvalue weighted by molar-refractivity contribution is 14.0. The van der Waals surface area contributed by atoms with E-state index in [4.69, 9.17) is 4.42 Å². The number of nitrogens with one attached hydrogen (secondary N) is 2. The molecule has 2 rings (SSSR count). The van der Waals surface area contributed by atoms with Gasteiger partial charge in [0.05, 0.1) is 19.4 Å². The number of aliphatic hydroxyl groups is 1. The molecule has 1 atom stereocenters. The first-order chi connectivity index (χ1) is 10.2. The molecular formula is C15H23IN4O2. The molecule has 0 saturated heterocycles. The molecule has 0 aliphatic heterocycles. The van der Waals surface area contributed by atoms with Gasteiger partial charge in [-0.25, -0.2) is 4.99 Å². The molecule has 2 aromatic heterocycles. The minimum absolute atomic E-state index is 0. The molecular weight excluding hydrogens is 395 g/mol. The summed E-state index contributed by atoms with van der Waals surface area (Å²) in [5.41, 5.74) is 1.14. The number of aryl methyl sites for hydroxylation is 1. The summed E-state index contributed by atoms with van der Waals surface area (Å²) in [6.45, 7) is 3.70. The van der Waals surface area contributed by atoms with Crippen molar-refractivity contribution < 1.29 is 9.52 Å². The molecule has 0 fully saturated rings. The maximum absolute atomic E-state index is 9.97. The van der Waals surface area contributed by atoms with E-state index in [0.29, 0.717) is 24.8 Å². The minimum Gasteiger partial charge on any atom is -0.467 e. The molecule has 0 saturated carbocycles. The van der Waals surface area contributed by atoms with Crippen molar-refractivity contribution in [3.63, 3.8) is 0 Å². The second-order valence-corrected chi connectivity index (χ2v) is 4.79. The van der Waals surface area contributed by atoms with Crippen molar-refractivity contribution in [2.24, 2.45) is 12.0 Å². The lowest BCUT2D eigenvalue weighted by molar-refractivity contribution is 0.153. The summed E-state index contributed by atoms with van der Waals surface area (Å²) in [7, 11) is 1.98. The fourth-order valence-electron chi connectivity index (χ4n) is 1.94. The molecule has 122 valence electrons. The van der Waals surface area contributed by atoms with Gasteiger partial charge >= 0.3 is 0 Å². The zero-order valence-corrected chi connectivity index (χ0v) is 15.2. The number of rotatable bonds is 6. The molecule has 6 nitrogen and oxygen atoms in total. The van der Waals surface area contributed by atoms with E-state index in [-0.39, 0.29) is 24.0 Å². The van der Waals surface area contributed by atoms with E-state index >= 15 is 0 Å². The van der Waals surface area contributed by atoms with E-state index in [1.165, 1.54) is 0 Å². The number of guanidine groups is 1. The highest BCUT2D eigenvalue weighted by Crippen LogP contribution is 2.11. The molecule has 0 spiro atoms. The van der Waals surface area contributed by atoms with Crippen molar-refractivity contribution >= 4 is 29.9 Å². The maximum atomic E-state index is 9.97. The molecule has 0 aliphatic carbocycles. The zero-order valence-electron chi connectivity index (χ0n) is 12.8. The summed E-state index contributed by atoms with van der Waals surface area (Å²) in [5, 5.41) is 16.2. The highest BCUT2D eigenvalue weighted by atomic mass is 127. The smallest absolute Gasteiger partial charge is 0.191 e. The van der Waals surface area contributed by atoms with Gasteiger partial charge in [0.1, 0.15) is 11.9 Å². The molecule has 0 amide bonds. The van der Waals surface area contributed by atoms with E-state index in [0.717, 1.165) is 12.1 Å². The summed E-state index contributed by atoms with van der Waals surface area (Å²) in [6, 6.07) is 5.54. The monoisotopic (exact) mass is 418 g/mol. The van der Waals surface area contributed by atoms with Crippen LogP contribution in [0.15, 0.2) is 46.3 Å². The van der Waals surface area contributed by atoms with Gasteiger partial charge in [-0.1, -0.05) is 0 Å². The molecule has 22 heavy (non-hydrogen) atoms. The van der Waals surface area contributed by atoms with Gasteiger partial charge in [0.2, 0.25) is 0 Å². The van der Waals surface area contributed by atoms with Crippen LogP contribution in [0, 0.1) is 0 Å². The first kappa shape index (κ1) is 18.6. The third-order valence-electron chi connectivity index (χ3n) is 2.99. The van der Waals surface area contributed by atoms with E-state index in [9.17, 15) is 5.11 Å². The van der Waals surface area contributed by atoms with Crippen LogP contribution in [0.25, 0.3) is 0 Å². The molecule has 0 bridgehead atoms. The molecule has 0 aromatic carbocycles. The Balaban J connectivity index is 0.00000242. The SMILES string of the molecule is CCNC(=NCc1ccn(C)c1)NCC(O)c1ccco1.I. The Morgan fingerprint density at radius 3 is 2.82 bits per heavy atom. The third-order valence-corrected chi connectivity index (χ3v) is 2.99. The predicted octanol–water partition coefficient (Wildman–Crippen LogP) is 2.02. The number of aliphatic imine (C=N–C) groups is 1. The van der Waals surface area contributed by atoms with Crippen molar-refractivity contribution in [1.29, 1.82) is 0 Å². The summed E-state index contributed by atoms with van der Waals surface area (Å²) < 4.78 is 7.16. The average molecular weight is 418 g/mol.